The summed E-state index contributed by atoms with van der Waals surface area (Å²) in [5, 5.41) is 5.45. The molecule has 0 aliphatic carbocycles. The normalized spacial score (nSPS) is 18.9. The number of anilines is 3. The minimum Gasteiger partial charge on any atom is -0.456 e. The van der Waals surface area contributed by atoms with Crippen LogP contribution in [-0.2, 0) is 10.5 Å². The predicted octanol–water partition coefficient (Wildman–Crippen LogP) is 5.88. The molecule has 35 heavy (non-hydrogen) atoms. The molecule has 3 heterocycles. The Morgan fingerprint density at radius 1 is 0.829 bits per heavy atom. The molecular formula is C29H21N3O3. The second kappa shape index (κ2) is 6.96. The number of rotatable bonds is 2. The van der Waals surface area contributed by atoms with E-state index in [4.69, 9.17) is 4.42 Å². The van der Waals surface area contributed by atoms with Crippen LogP contribution in [0.2, 0.25) is 0 Å². The van der Waals surface area contributed by atoms with Gasteiger partial charge < -0.3 is 14.6 Å². The maximum absolute atomic E-state index is 14.2. The van der Waals surface area contributed by atoms with Crippen molar-refractivity contribution in [2.45, 2.75) is 12.6 Å². The fourth-order valence-electron chi connectivity index (χ4n) is 5.55. The molecule has 170 valence electrons. The van der Waals surface area contributed by atoms with Crippen LogP contribution in [0.1, 0.15) is 22.8 Å². The van der Waals surface area contributed by atoms with Crippen molar-refractivity contribution in [1.29, 1.82) is 0 Å². The Balaban J connectivity index is 1.52. The smallest absolute Gasteiger partial charge is 0.279 e. The number of hydrogen-bond donors (Lipinski definition) is 1. The summed E-state index contributed by atoms with van der Waals surface area (Å²) < 4.78 is 6.12. The van der Waals surface area contributed by atoms with Crippen molar-refractivity contribution in [3.05, 3.63) is 102 Å². The van der Waals surface area contributed by atoms with Crippen LogP contribution in [0.4, 0.5) is 17.1 Å². The van der Waals surface area contributed by atoms with Crippen LogP contribution in [-0.4, -0.2) is 18.4 Å². The second-order valence-corrected chi connectivity index (χ2v) is 8.87. The maximum atomic E-state index is 14.2. The third kappa shape index (κ3) is 2.48. The maximum Gasteiger partial charge on any atom is 0.279 e. The van der Waals surface area contributed by atoms with Gasteiger partial charge in [-0.2, -0.15) is 0 Å². The van der Waals surface area contributed by atoms with E-state index in [2.05, 4.69) is 5.32 Å². The standard InChI is InChI=1S/C29H21N3O3/c1-2-31-24-13-7-5-11-22(24)29(28(31)34)30-23-12-6-3-10-21(23)27(33)32(29)18-15-16-20-19-9-4-8-14-25(19)35-26(20)17-18/h3-17,30H,2H2,1H3. The number of amides is 2. The molecule has 2 aliphatic heterocycles. The molecule has 0 fully saturated rings. The summed E-state index contributed by atoms with van der Waals surface area (Å²) in [6.45, 7) is 2.43. The van der Waals surface area contributed by atoms with Crippen LogP contribution in [0.5, 0.6) is 0 Å². The predicted molar refractivity (Wildman–Crippen MR) is 137 cm³/mol. The number of para-hydroxylation sites is 3. The highest BCUT2D eigenvalue weighted by Crippen LogP contribution is 2.50. The van der Waals surface area contributed by atoms with Gasteiger partial charge in [0.05, 0.1) is 16.9 Å². The van der Waals surface area contributed by atoms with Crippen molar-refractivity contribution in [2.75, 3.05) is 21.7 Å². The molecular weight excluding hydrogens is 438 g/mol. The lowest BCUT2D eigenvalue weighted by Gasteiger charge is -2.45. The van der Waals surface area contributed by atoms with Crippen LogP contribution in [0.25, 0.3) is 21.9 Å². The summed E-state index contributed by atoms with van der Waals surface area (Å²) in [6.07, 6.45) is 0. The van der Waals surface area contributed by atoms with Gasteiger partial charge in [-0.25, -0.2) is 0 Å². The zero-order valence-corrected chi connectivity index (χ0v) is 19.0. The van der Waals surface area contributed by atoms with E-state index in [0.29, 0.717) is 29.1 Å². The average molecular weight is 460 g/mol. The molecule has 1 aromatic heterocycles. The molecule has 6 nitrogen and oxygen atoms in total. The number of furan rings is 1. The Morgan fingerprint density at radius 3 is 2.46 bits per heavy atom. The number of carbonyl (C=O) groups excluding carboxylic acids is 2. The first-order valence-electron chi connectivity index (χ1n) is 11.7. The summed E-state index contributed by atoms with van der Waals surface area (Å²) in [5.41, 5.74) is 3.33. The van der Waals surface area contributed by atoms with E-state index in [-0.39, 0.29) is 11.8 Å². The highest BCUT2D eigenvalue weighted by atomic mass is 16.3. The lowest BCUT2D eigenvalue weighted by Crippen LogP contribution is -2.63. The van der Waals surface area contributed by atoms with E-state index in [1.165, 1.54) is 0 Å². The SMILES string of the molecule is CCN1C(=O)C2(Nc3ccccc3C(=O)N2c2ccc3c(c2)oc2ccccc23)c2ccccc21. The molecule has 6 heteroatoms. The lowest BCUT2D eigenvalue weighted by atomic mass is 9.92. The number of carbonyl (C=O) groups is 2. The number of fused-ring (bicyclic) bond motifs is 6. The minimum absolute atomic E-state index is 0.186. The van der Waals surface area contributed by atoms with Crippen LogP contribution >= 0.6 is 0 Å². The summed E-state index contributed by atoms with van der Waals surface area (Å²) in [7, 11) is 0. The number of hydrogen-bond acceptors (Lipinski definition) is 4. The van der Waals surface area contributed by atoms with Crippen molar-refractivity contribution >= 4 is 50.8 Å². The van der Waals surface area contributed by atoms with Gasteiger partial charge in [0.15, 0.2) is 0 Å². The zero-order chi connectivity index (χ0) is 23.7. The van der Waals surface area contributed by atoms with Crippen LogP contribution in [0, 0.1) is 0 Å². The van der Waals surface area contributed by atoms with Gasteiger partial charge in [0, 0.05) is 34.6 Å². The average Bonchev–Trinajstić information content (AvgIpc) is 3.37. The molecule has 2 amide bonds. The van der Waals surface area contributed by atoms with Gasteiger partial charge in [-0.1, -0.05) is 48.5 Å². The fraction of sp³-hybridized carbons (Fsp3) is 0.103. The second-order valence-electron chi connectivity index (χ2n) is 8.87. The van der Waals surface area contributed by atoms with Crippen molar-refractivity contribution in [3.8, 4) is 0 Å². The van der Waals surface area contributed by atoms with Gasteiger partial charge >= 0.3 is 0 Å². The van der Waals surface area contributed by atoms with E-state index in [1.807, 2.05) is 91.9 Å². The molecule has 4 aromatic carbocycles. The van der Waals surface area contributed by atoms with Gasteiger partial charge in [-0.05, 0) is 43.3 Å². The first-order valence-corrected chi connectivity index (χ1v) is 11.7. The van der Waals surface area contributed by atoms with E-state index in [0.717, 1.165) is 27.6 Å². The Labute approximate surface area is 201 Å². The van der Waals surface area contributed by atoms with E-state index in [1.54, 1.807) is 15.9 Å². The molecule has 1 unspecified atom stereocenters. The lowest BCUT2D eigenvalue weighted by molar-refractivity contribution is -0.122. The van der Waals surface area contributed by atoms with E-state index in [9.17, 15) is 9.59 Å². The van der Waals surface area contributed by atoms with Gasteiger partial charge in [0.1, 0.15) is 11.2 Å². The topological polar surface area (TPSA) is 65.8 Å². The molecule has 2 aliphatic rings. The Morgan fingerprint density at radius 2 is 1.57 bits per heavy atom. The first kappa shape index (κ1) is 19.9. The van der Waals surface area contributed by atoms with Gasteiger partial charge in [-0.15, -0.1) is 0 Å². The molecule has 0 bridgehead atoms. The molecule has 1 atom stereocenters. The number of likely N-dealkylation sites (N-methyl/N-ethyl adjacent to an activating group) is 1. The largest absolute Gasteiger partial charge is 0.456 e. The summed E-state index contributed by atoms with van der Waals surface area (Å²) in [5.74, 6) is -0.426. The minimum atomic E-state index is -1.41. The molecule has 1 spiro atoms. The number of nitrogens with one attached hydrogen (secondary N) is 1. The zero-order valence-electron chi connectivity index (χ0n) is 19.0. The summed E-state index contributed by atoms with van der Waals surface area (Å²) in [4.78, 5) is 31.6. The van der Waals surface area contributed by atoms with Crippen LogP contribution in [0.15, 0.2) is 95.4 Å². The van der Waals surface area contributed by atoms with Gasteiger partial charge in [-0.3, -0.25) is 14.5 Å². The van der Waals surface area contributed by atoms with Crippen LogP contribution < -0.4 is 15.1 Å². The molecule has 1 N–H and O–H groups in total. The van der Waals surface area contributed by atoms with Crippen molar-refractivity contribution < 1.29 is 14.0 Å². The molecule has 0 radical (unpaired) electrons. The third-order valence-corrected chi connectivity index (χ3v) is 7.09. The first-order chi connectivity index (χ1) is 17.1. The molecule has 5 aromatic rings. The highest BCUT2D eigenvalue weighted by Gasteiger charge is 2.59. The fourth-order valence-corrected chi connectivity index (χ4v) is 5.55. The molecule has 7 rings (SSSR count). The highest BCUT2D eigenvalue weighted by molar-refractivity contribution is 6.23. The van der Waals surface area contributed by atoms with Gasteiger partial charge in [0.2, 0.25) is 5.66 Å². The van der Waals surface area contributed by atoms with Crippen molar-refractivity contribution in [2.24, 2.45) is 0 Å². The van der Waals surface area contributed by atoms with Crippen molar-refractivity contribution in [1.82, 2.24) is 0 Å². The Hall–Kier alpha value is -4.58. The molecule has 0 saturated carbocycles. The Bertz CT molecular complexity index is 1690. The third-order valence-electron chi connectivity index (χ3n) is 7.09. The van der Waals surface area contributed by atoms with E-state index < -0.39 is 5.66 Å². The van der Waals surface area contributed by atoms with Crippen LogP contribution in [0.3, 0.4) is 0 Å². The molecule has 0 saturated heterocycles. The van der Waals surface area contributed by atoms with Gasteiger partial charge in [0.25, 0.3) is 11.8 Å². The van der Waals surface area contributed by atoms with Crippen molar-refractivity contribution in [3.63, 3.8) is 0 Å². The number of nitrogens with zero attached hydrogens (tertiary/aromatic N) is 2. The quantitative estimate of drug-likeness (QED) is 0.358. The Kier molecular flexibility index (Phi) is 3.95. The van der Waals surface area contributed by atoms with E-state index >= 15 is 0 Å². The number of benzene rings is 4. The summed E-state index contributed by atoms with van der Waals surface area (Å²) in [6, 6.07) is 28.6. The monoisotopic (exact) mass is 459 g/mol. The summed E-state index contributed by atoms with van der Waals surface area (Å²) >= 11 is 0.